The van der Waals surface area contributed by atoms with Gasteiger partial charge in [0.2, 0.25) is 0 Å². The van der Waals surface area contributed by atoms with Crippen molar-refractivity contribution < 1.29 is 4.79 Å². The molecule has 0 aliphatic heterocycles. The Labute approximate surface area is 192 Å². The Morgan fingerprint density at radius 2 is 1.91 bits per heavy atom. The van der Waals surface area contributed by atoms with Crippen LogP contribution in [-0.2, 0) is 6.42 Å². The standard InChI is InChI=1S/C27H25N5O/c1-3-8-23(33)20-16-29-25-18(15-24-30-22-13-7-14-28-27(22)32-24)10-6-11-19(25)26(20)31-21-12-5-4-9-17(21)2/h4-7,9-14,16H,3,8,15H2,1-2H3,(H,29,31)(H,28,30,32). The van der Waals surface area contributed by atoms with Gasteiger partial charge in [-0.3, -0.25) is 9.78 Å². The quantitative estimate of drug-likeness (QED) is 0.300. The van der Waals surface area contributed by atoms with E-state index >= 15 is 0 Å². The third-order valence-corrected chi connectivity index (χ3v) is 5.83. The van der Waals surface area contributed by atoms with Crippen molar-refractivity contribution in [2.75, 3.05) is 5.32 Å². The summed E-state index contributed by atoms with van der Waals surface area (Å²) in [5, 5.41) is 4.46. The zero-order valence-electron chi connectivity index (χ0n) is 18.7. The number of rotatable bonds is 7. The molecule has 2 N–H and O–H groups in total. The number of ketones is 1. The van der Waals surface area contributed by atoms with E-state index in [1.807, 2.05) is 49.4 Å². The lowest BCUT2D eigenvalue weighted by atomic mass is 9.99. The second kappa shape index (κ2) is 8.82. The number of para-hydroxylation sites is 2. The van der Waals surface area contributed by atoms with Crippen molar-refractivity contribution in [3.8, 4) is 0 Å². The van der Waals surface area contributed by atoms with E-state index in [-0.39, 0.29) is 5.78 Å². The Morgan fingerprint density at radius 3 is 2.73 bits per heavy atom. The number of hydrogen-bond donors (Lipinski definition) is 2. The zero-order valence-corrected chi connectivity index (χ0v) is 18.7. The normalized spacial score (nSPS) is 11.2. The number of aryl methyl sites for hydroxylation is 1. The van der Waals surface area contributed by atoms with E-state index in [4.69, 9.17) is 4.98 Å². The van der Waals surface area contributed by atoms with Crippen LogP contribution in [0.1, 0.15) is 47.1 Å². The molecule has 164 valence electrons. The number of anilines is 2. The van der Waals surface area contributed by atoms with Gasteiger partial charge in [-0.2, -0.15) is 0 Å². The Balaban J connectivity index is 1.62. The molecule has 0 saturated carbocycles. The minimum atomic E-state index is 0.0942. The summed E-state index contributed by atoms with van der Waals surface area (Å²) in [6.45, 7) is 4.07. The number of nitrogens with one attached hydrogen (secondary N) is 2. The Hall–Kier alpha value is -4.06. The fraction of sp³-hybridized carbons (Fsp3) is 0.185. The average molecular weight is 436 g/mol. The smallest absolute Gasteiger partial charge is 0.177 e. The second-order valence-electron chi connectivity index (χ2n) is 8.21. The van der Waals surface area contributed by atoms with Gasteiger partial charge >= 0.3 is 0 Å². The number of H-pyrrole nitrogens is 1. The third kappa shape index (κ3) is 4.07. The highest BCUT2D eigenvalue weighted by Gasteiger charge is 2.18. The molecule has 0 aliphatic rings. The number of benzene rings is 2. The van der Waals surface area contributed by atoms with Crippen LogP contribution in [0.25, 0.3) is 22.1 Å². The van der Waals surface area contributed by atoms with Crippen molar-refractivity contribution >= 4 is 39.2 Å². The molecule has 33 heavy (non-hydrogen) atoms. The van der Waals surface area contributed by atoms with E-state index in [2.05, 4.69) is 39.3 Å². The van der Waals surface area contributed by atoms with Gasteiger partial charge in [-0.15, -0.1) is 0 Å². The molecule has 2 aromatic carbocycles. The zero-order chi connectivity index (χ0) is 22.8. The van der Waals surface area contributed by atoms with Gasteiger partial charge in [0.1, 0.15) is 5.82 Å². The van der Waals surface area contributed by atoms with Crippen molar-refractivity contribution in [1.29, 1.82) is 0 Å². The number of aromatic amines is 1. The monoisotopic (exact) mass is 435 g/mol. The van der Waals surface area contributed by atoms with Gasteiger partial charge in [-0.1, -0.05) is 43.3 Å². The Kier molecular flexibility index (Phi) is 5.57. The number of fused-ring (bicyclic) bond motifs is 2. The highest BCUT2D eigenvalue weighted by Crippen LogP contribution is 2.33. The molecule has 0 unspecified atom stereocenters. The van der Waals surface area contributed by atoms with Crippen LogP contribution in [-0.4, -0.2) is 25.7 Å². The molecule has 5 rings (SSSR count). The summed E-state index contributed by atoms with van der Waals surface area (Å²) in [5.41, 5.74) is 7.03. The summed E-state index contributed by atoms with van der Waals surface area (Å²) in [7, 11) is 0. The molecule has 3 heterocycles. The van der Waals surface area contributed by atoms with E-state index in [1.54, 1.807) is 12.4 Å². The summed E-state index contributed by atoms with van der Waals surface area (Å²) in [5.74, 6) is 0.925. The molecular formula is C27H25N5O. The van der Waals surface area contributed by atoms with Crippen molar-refractivity contribution in [2.24, 2.45) is 0 Å². The van der Waals surface area contributed by atoms with E-state index in [0.29, 0.717) is 24.1 Å². The predicted molar refractivity (Wildman–Crippen MR) is 132 cm³/mol. The van der Waals surface area contributed by atoms with Crippen LogP contribution in [0.15, 0.2) is 67.0 Å². The van der Waals surface area contributed by atoms with Crippen LogP contribution < -0.4 is 5.32 Å². The maximum Gasteiger partial charge on any atom is 0.177 e. The molecule has 0 radical (unpaired) electrons. The molecular weight excluding hydrogens is 410 g/mol. The minimum Gasteiger partial charge on any atom is -0.354 e. The predicted octanol–water partition coefficient (Wildman–Crippen LogP) is 6.13. The van der Waals surface area contributed by atoms with Crippen molar-refractivity contribution in [3.05, 3.63) is 89.5 Å². The topological polar surface area (TPSA) is 83.6 Å². The summed E-state index contributed by atoms with van der Waals surface area (Å²) in [6, 6.07) is 18.0. The van der Waals surface area contributed by atoms with Gasteiger partial charge in [-0.25, -0.2) is 9.97 Å². The summed E-state index contributed by atoms with van der Waals surface area (Å²) in [4.78, 5) is 30.0. The number of nitrogens with zero attached hydrogens (tertiary/aromatic N) is 3. The molecule has 5 aromatic rings. The van der Waals surface area contributed by atoms with Gasteiger partial charge in [0.05, 0.1) is 22.3 Å². The lowest BCUT2D eigenvalue weighted by molar-refractivity contribution is 0.0982. The summed E-state index contributed by atoms with van der Waals surface area (Å²) in [6.07, 6.45) is 5.32. The maximum atomic E-state index is 13.0. The summed E-state index contributed by atoms with van der Waals surface area (Å²) >= 11 is 0. The highest BCUT2D eigenvalue weighted by atomic mass is 16.1. The van der Waals surface area contributed by atoms with Crippen LogP contribution in [0, 0.1) is 6.92 Å². The highest BCUT2D eigenvalue weighted by molar-refractivity contribution is 6.09. The number of hydrogen-bond acceptors (Lipinski definition) is 5. The fourth-order valence-electron chi connectivity index (χ4n) is 4.14. The first-order valence-corrected chi connectivity index (χ1v) is 11.2. The van der Waals surface area contributed by atoms with Crippen LogP contribution >= 0.6 is 0 Å². The first-order valence-electron chi connectivity index (χ1n) is 11.2. The van der Waals surface area contributed by atoms with Crippen LogP contribution in [0.2, 0.25) is 0 Å². The molecule has 6 nitrogen and oxygen atoms in total. The van der Waals surface area contributed by atoms with E-state index in [0.717, 1.165) is 51.2 Å². The third-order valence-electron chi connectivity index (χ3n) is 5.83. The van der Waals surface area contributed by atoms with Crippen molar-refractivity contribution in [3.63, 3.8) is 0 Å². The number of carbonyl (C=O) groups excluding carboxylic acids is 1. The minimum absolute atomic E-state index is 0.0942. The van der Waals surface area contributed by atoms with Gasteiger partial charge < -0.3 is 10.3 Å². The molecule has 3 aromatic heterocycles. The van der Waals surface area contributed by atoms with Crippen LogP contribution in [0.3, 0.4) is 0 Å². The molecule has 0 atom stereocenters. The SMILES string of the molecule is CCCC(=O)c1cnc2c(Cc3nc4ncccc4[nH]3)cccc2c1Nc1ccccc1C. The molecule has 6 heteroatoms. The van der Waals surface area contributed by atoms with Gasteiger partial charge in [0.25, 0.3) is 0 Å². The van der Waals surface area contributed by atoms with Crippen molar-refractivity contribution in [2.45, 2.75) is 33.1 Å². The van der Waals surface area contributed by atoms with Crippen LogP contribution in [0.4, 0.5) is 11.4 Å². The lowest BCUT2D eigenvalue weighted by Gasteiger charge is -2.17. The molecule has 0 spiro atoms. The largest absolute Gasteiger partial charge is 0.354 e. The van der Waals surface area contributed by atoms with E-state index in [1.165, 1.54) is 0 Å². The summed E-state index contributed by atoms with van der Waals surface area (Å²) < 4.78 is 0. The van der Waals surface area contributed by atoms with Crippen molar-refractivity contribution in [1.82, 2.24) is 19.9 Å². The van der Waals surface area contributed by atoms with E-state index < -0.39 is 0 Å². The Morgan fingerprint density at radius 1 is 1.03 bits per heavy atom. The van der Waals surface area contributed by atoms with Gasteiger partial charge in [0, 0.05) is 36.3 Å². The molecule has 0 amide bonds. The molecule has 0 aliphatic carbocycles. The number of carbonyl (C=O) groups is 1. The molecule has 0 bridgehead atoms. The number of pyridine rings is 2. The number of Topliss-reactive ketones (excluding diaryl/α,β-unsaturated/α-hetero) is 1. The molecule has 0 saturated heterocycles. The first kappa shape index (κ1) is 20.8. The lowest BCUT2D eigenvalue weighted by Crippen LogP contribution is -2.07. The average Bonchev–Trinajstić information content (AvgIpc) is 3.23. The second-order valence-corrected chi connectivity index (χ2v) is 8.21. The molecule has 0 fully saturated rings. The fourth-order valence-corrected chi connectivity index (χ4v) is 4.14. The number of imidazole rings is 1. The number of aromatic nitrogens is 4. The first-order chi connectivity index (χ1) is 16.1. The van der Waals surface area contributed by atoms with E-state index in [9.17, 15) is 4.79 Å². The maximum absolute atomic E-state index is 13.0. The van der Waals surface area contributed by atoms with Gasteiger partial charge in [0.15, 0.2) is 11.4 Å². The van der Waals surface area contributed by atoms with Gasteiger partial charge in [-0.05, 0) is 42.7 Å². The van der Waals surface area contributed by atoms with Crippen LogP contribution in [0.5, 0.6) is 0 Å². The Bertz CT molecular complexity index is 1440.